The molecule has 0 radical (unpaired) electrons. The largest absolute Gasteiger partial charge is 0.444 e. The van der Waals surface area contributed by atoms with Gasteiger partial charge in [-0.2, -0.15) is 0 Å². The quantitative estimate of drug-likeness (QED) is 0.291. The number of ether oxygens (including phenoxy) is 1. The zero-order chi connectivity index (χ0) is 26.9. The van der Waals surface area contributed by atoms with Crippen molar-refractivity contribution in [3.05, 3.63) is 81.9 Å². The molecular weight excluding hydrogens is 490 g/mol. The molecule has 1 unspecified atom stereocenters. The topological polar surface area (TPSA) is 89.5 Å². The fourth-order valence-electron chi connectivity index (χ4n) is 4.65. The SMILES string of the molecule is CC(=O)c1cc2c(cc1C(C)=O)C(Cc1ccc(-c3cncnc3Cl)cc1)N(C(=O)OC(C)(C)C)CC2. The van der Waals surface area contributed by atoms with Crippen molar-refractivity contribution in [3.63, 3.8) is 0 Å². The number of rotatable bonds is 5. The van der Waals surface area contributed by atoms with Gasteiger partial charge in [0, 0.05) is 29.4 Å². The number of Topliss-reactive ketones (excluding diaryl/α,β-unsaturated/α-hetero) is 2. The summed E-state index contributed by atoms with van der Waals surface area (Å²) in [5.41, 5.74) is 4.57. The summed E-state index contributed by atoms with van der Waals surface area (Å²) < 4.78 is 5.73. The third kappa shape index (κ3) is 5.88. The number of hydrogen-bond donors (Lipinski definition) is 0. The van der Waals surface area contributed by atoms with Crippen LogP contribution in [0.25, 0.3) is 11.1 Å². The van der Waals surface area contributed by atoms with Gasteiger partial charge >= 0.3 is 6.09 Å². The van der Waals surface area contributed by atoms with Crippen LogP contribution in [-0.4, -0.2) is 44.7 Å². The number of hydrogen-bond acceptors (Lipinski definition) is 6. The first kappa shape index (κ1) is 26.5. The summed E-state index contributed by atoms with van der Waals surface area (Å²) in [6.45, 7) is 8.87. The molecule has 0 spiro atoms. The maximum absolute atomic E-state index is 13.2. The van der Waals surface area contributed by atoms with Crippen LogP contribution in [0.2, 0.25) is 5.15 Å². The van der Waals surface area contributed by atoms with E-state index in [-0.39, 0.29) is 17.6 Å². The third-order valence-corrected chi connectivity index (χ3v) is 6.68. The zero-order valence-corrected chi connectivity index (χ0v) is 22.4. The van der Waals surface area contributed by atoms with Crippen LogP contribution in [-0.2, 0) is 17.6 Å². The van der Waals surface area contributed by atoms with Gasteiger partial charge in [-0.1, -0.05) is 35.9 Å². The highest BCUT2D eigenvalue weighted by Gasteiger charge is 2.35. The zero-order valence-electron chi connectivity index (χ0n) is 21.7. The second-order valence-corrected chi connectivity index (χ2v) is 10.6. The fraction of sp³-hybridized carbons (Fsp3) is 0.345. The minimum atomic E-state index is -0.649. The summed E-state index contributed by atoms with van der Waals surface area (Å²) in [5, 5.41) is 0.373. The normalized spacial score (nSPS) is 15.2. The van der Waals surface area contributed by atoms with Gasteiger partial charge in [0.15, 0.2) is 11.6 Å². The van der Waals surface area contributed by atoms with Crippen LogP contribution in [0.1, 0.15) is 78.1 Å². The Morgan fingerprint density at radius 3 is 2.30 bits per heavy atom. The first-order valence-electron chi connectivity index (χ1n) is 12.2. The van der Waals surface area contributed by atoms with Gasteiger partial charge in [0.1, 0.15) is 17.1 Å². The molecule has 192 valence electrons. The molecule has 0 saturated carbocycles. The number of aromatic nitrogens is 2. The van der Waals surface area contributed by atoms with Gasteiger partial charge < -0.3 is 9.64 Å². The average Bonchev–Trinajstić information content (AvgIpc) is 2.83. The first-order valence-corrected chi connectivity index (χ1v) is 12.6. The van der Waals surface area contributed by atoms with Crippen LogP contribution in [0.15, 0.2) is 48.9 Å². The van der Waals surface area contributed by atoms with Crippen molar-refractivity contribution < 1.29 is 19.1 Å². The van der Waals surface area contributed by atoms with E-state index < -0.39 is 11.7 Å². The Morgan fingerprint density at radius 2 is 1.70 bits per heavy atom. The molecule has 1 amide bonds. The second kappa shape index (κ2) is 10.4. The first-order chi connectivity index (χ1) is 17.4. The van der Waals surface area contributed by atoms with Crippen molar-refractivity contribution in [2.24, 2.45) is 0 Å². The van der Waals surface area contributed by atoms with Crippen molar-refractivity contribution in [2.75, 3.05) is 6.54 Å². The molecule has 1 aliphatic heterocycles. The highest BCUT2D eigenvalue weighted by Crippen LogP contribution is 2.36. The van der Waals surface area contributed by atoms with E-state index in [0.29, 0.717) is 35.7 Å². The molecule has 1 aliphatic rings. The molecule has 37 heavy (non-hydrogen) atoms. The Labute approximate surface area is 221 Å². The summed E-state index contributed by atoms with van der Waals surface area (Å²) in [4.78, 5) is 47.8. The van der Waals surface area contributed by atoms with E-state index in [1.165, 1.54) is 20.2 Å². The average molecular weight is 520 g/mol. The molecule has 1 aromatic heterocycles. The Balaban J connectivity index is 1.75. The number of benzene rings is 2. The lowest BCUT2D eigenvalue weighted by molar-refractivity contribution is 0.0141. The van der Waals surface area contributed by atoms with E-state index >= 15 is 0 Å². The van der Waals surface area contributed by atoms with Gasteiger partial charge in [0.2, 0.25) is 0 Å². The monoisotopic (exact) mass is 519 g/mol. The van der Waals surface area contributed by atoms with Crippen LogP contribution in [0.4, 0.5) is 4.79 Å². The molecule has 0 fully saturated rings. The van der Waals surface area contributed by atoms with Crippen molar-refractivity contribution >= 4 is 29.3 Å². The van der Waals surface area contributed by atoms with Gasteiger partial charge in [0.05, 0.1) is 6.04 Å². The molecule has 0 aliphatic carbocycles. The van der Waals surface area contributed by atoms with E-state index in [4.69, 9.17) is 16.3 Å². The minimum absolute atomic E-state index is 0.154. The summed E-state index contributed by atoms with van der Waals surface area (Å²) in [6.07, 6.45) is 3.73. The molecule has 3 aromatic rings. The molecule has 2 aromatic carbocycles. The Morgan fingerprint density at radius 1 is 1.05 bits per heavy atom. The molecule has 0 saturated heterocycles. The van der Waals surface area contributed by atoms with E-state index in [0.717, 1.165) is 27.8 Å². The van der Waals surface area contributed by atoms with Crippen molar-refractivity contribution in [3.8, 4) is 11.1 Å². The molecule has 0 N–H and O–H groups in total. The van der Waals surface area contributed by atoms with Gasteiger partial charge in [-0.25, -0.2) is 14.8 Å². The number of amides is 1. The van der Waals surface area contributed by atoms with Crippen LogP contribution in [0.5, 0.6) is 0 Å². The molecule has 4 rings (SSSR count). The molecule has 2 heterocycles. The van der Waals surface area contributed by atoms with Crippen LogP contribution in [0, 0.1) is 0 Å². The van der Waals surface area contributed by atoms with Crippen molar-refractivity contribution in [1.29, 1.82) is 0 Å². The second-order valence-electron chi connectivity index (χ2n) is 10.3. The number of carbonyl (C=O) groups is 3. The van der Waals surface area contributed by atoms with E-state index in [1.807, 2.05) is 51.1 Å². The number of carbonyl (C=O) groups excluding carboxylic acids is 3. The van der Waals surface area contributed by atoms with Gasteiger partial charge in [-0.3, -0.25) is 9.59 Å². The lowest BCUT2D eigenvalue weighted by Crippen LogP contribution is -2.44. The lowest BCUT2D eigenvalue weighted by atomic mass is 9.84. The molecular formula is C29H30ClN3O4. The van der Waals surface area contributed by atoms with Crippen molar-refractivity contribution in [1.82, 2.24) is 14.9 Å². The highest BCUT2D eigenvalue weighted by atomic mass is 35.5. The maximum Gasteiger partial charge on any atom is 0.410 e. The summed E-state index contributed by atoms with van der Waals surface area (Å²) in [5.74, 6) is -0.342. The van der Waals surface area contributed by atoms with Gasteiger partial charge in [-0.05, 0) is 81.8 Å². The lowest BCUT2D eigenvalue weighted by Gasteiger charge is -2.38. The van der Waals surface area contributed by atoms with E-state index in [1.54, 1.807) is 17.2 Å². The van der Waals surface area contributed by atoms with E-state index in [9.17, 15) is 14.4 Å². The molecule has 8 heteroatoms. The van der Waals surface area contributed by atoms with Crippen LogP contribution in [0.3, 0.4) is 0 Å². The van der Waals surface area contributed by atoms with Gasteiger partial charge in [-0.15, -0.1) is 0 Å². The predicted molar refractivity (Wildman–Crippen MR) is 142 cm³/mol. The number of halogens is 1. The Hall–Kier alpha value is -3.58. The number of ketones is 2. The molecule has 0 bridgehead atoms. The van der Waals surface area contributed by atoms with Crippen LogP contribution >= 0.6 is 11.6 Å². The Kier molecular flexibility index (Phi) is 7.46. The number of fused-ring (bicyclic) bond motifs is 1. The smallest absolute Gasteiger partial charge is 0.410 e. The molecule has 1 atom stereocenters. The molecule has 7 nitrogen and oxygen atoms in total. The fourth-order valence-corrected chi connectivity index (χ4v) is 4.85. The van der Waals surface area contributed by atoms with E-state index in [2.05, 4.69) is 9.97 Å². The van der Waals surface area contributed by atoms with Crippen LogP contribution < -0.4 is 0 Å². The Bertz CT molecular complexity index is 1360. The standard InChI is InChI=1S/C29H30ClN3O4/c1-17(34)22-13-21-10-11-33(28(36)37-29(3,4)5)26(24(21)14-23(22)18(2)35)12-19-6-8-20(9-7-19)25-15-31-16-32-27(25)30/h6-9,13-16,26H,10-12H2,1-5H3. The van der Waals surface area contributed by atoms with Crippen molar-refractivity contribution in [2.45, 2.75) is 59.1 Å². The summed E-state index contributed by atoms with van der Waals surface area (Å²) >= 11 is 6.23. The van der Waals surface area contributed by atoms with Gasteiger partial charge in [0.25, 0.3) is 0 Å². The maximum atomic E-state index is 13.2. The predicted octanol–water partition coefficient (Wildman–Crippen LogP) is 6.28. The minimum Gasteiger partial charge on any atom is -0.444 e. The highest BCUT2D eigenvalue weighted by molar-refractivity contribution is 6.32. The third-order valence-electron chi connectivity index (χ3n) is 6.38. The number of nitrogens with zero attached hydrogens (tertiary/aromatic N) is 3. The summed E-state index contributed by atoms with van der Waals surface area (Å²) in [6, 6.07) is 11.1. The summed E-state index contributed by atoms with van der Waals surface area (Å²) in [7, 11) is 0.